The minimum Gasteiger partial charge on any atom is -0.301 e. The SMILES string of the molecule is CCc1ccc([C@@H](NCc2cc(=O)n(C)c(=O)n2C)c2cccc(F)c2)cc1. The second-order valence-electron chi connectivity index (χ2n) is 6.84. The summed E-state index contributed by atoms with van der Waals surface area (Å²) in [5.74, 6) is -0.310. The number of hydrogen-bond acceptors (Lipinski definition) is 3. The largest absolute Gasteiger partial charge is 0.330 e. The minimum absolute atomic E-state index is 0.277. The number of benzene rings is 2. The van der Waals surface area contributed by atoms with E-state index >= 15 is 0 Å². The van der Waals surface area contributed by atoms with Gasteiger partial charge in [-0.1, -0.05) is 43.3 Å². The van der Waals surface area contributed by atoms with Crippen LogP contribution in [0, 0.1) is 5.82 Å². The summed E-state index contributed by atoms with van der Waals surface area (Å²) in [6.07, 6.45) is 0.938. The predicted molar refractivity (Wildman–Crippen MR) is 108 cm³/mol. The van der Waals surface area contributed by atoms with Crippen LogP contribution < -0.4 is 16.6 Å². The van der Waals surface area contributed by atoms with E-state index < -0.39 is 0 Å². The van der Waals surface area contributed by atoms with Crippen LogP contribution in [0.25, 0.3) is 0 Å². The summed E-state index contributed by atoms with van der Waals surface area (Å²) >= 11 is 0. The lowest BCUT2D eigenvalue weighted by Gasteiger charge is -2.21. The van der Waals surface area contributed by atoms with Gasteiger partial charge in [0.25, 0.3) is 5.56 Å². The quantitative estimate of drug-likeness (QED) is 0.714. The molecule has 0 aliphatic rings. The van der Waals surface area contributed by atoms with Crippen LogP contribution >= 0.6 is 0 Å². The van der Waals surface area contributed by atoms with Crippen molar-refractivity contribution in [2.45, 2.75) is 25.9 Å². The molecule has 0 amide bonds. The molecule has 1 N–H and O–H groups in total. The van der Waals surface area contributed by atoms with Gasteiger partial charge in [0.2, 0.25) is 0 Å². The summed E-state index contributed by atoms with van der Waals surface area (Å²) < 4.78 is 16.3. The number of halogens is 1. The van der Waals surface area contributed by atoms with Crippen molar-refractivity contribution in [2.24, 2.45) is 14.1 Å². The number of hydrogen-bond donors (Lipinski definition) is 1. The van der Waals surface area contributed by atoms with Gasteiger partial charge in [0.15, 0.2) is 0 Å². The third kappa shape index (κ3) is 4.12. The minimum atomic E-state index is -0.376. The number of aryl methyl sites for hydroxylation is 1. The van der Waals surface area contributed by atoms with E-state index in [4.69, 9.17) is 0 Å². The Hall–Kier alpha value is -2.99. The zero-order chi connectivity index (χ0) is 20.3. The van der Waals surface area contributed by atoms with Crippen LogP contribution in [-0.2, 0) is 27.1 Å². The van der Waals surface area contributed by atoms with E-state index in [1.165, 1.54) is 35.4 Å². The fraction of sp³-hybridized carbons (Fsp3) is 0.273. The van der Waals surface area contributed by atoms with Crippen molar-refractivity contribution in [3.8, 4) is 0 Å². The average Bonchev–Trinajstić information content (AvgIpc) is 2.70. The molecule has 1 aromatic heterocycles. The molecule has 3 rings (SSSR count). The zero-order valence-corrected chi connectivity index (χ0v) is 16.3. The van der Waals surface area contributed by atoms with Crippen LogP contribution in [0.15, 0.2) is 64.2 Å². The first-order chi connectivity index (χ1) is 13.4. The van der Waals surface area contributed by atoms with E-state index in [-0.39, 0.29) is 23.1 Å². The van der Waals surface area contributed by atoms with Gasteiger partial charge in [-0.05, 0) is 35.2 Å². The Morgan fingerprint density at radius 3 is 2.32 bits per heavy atom. The van der Waals surface area contributed by atoms with E-state index in [9.17, 15) is 14.0 Å². The molecule has 3 aromatic rings. The average molecular weight is 381 g/mol. The predicted octanol–water partition coefficient (Wildman–Crippen LogP) is 2.66. The Labute approximate surface area is 163 Å². The Balaban J connectivity index is 1.96. The second-order valence-corrected chi connectivity index (χ2v) is 6.84. The lowest BCUT2D eigenvalue weighted by Crippen LogP contribution is -2.39. The Morgan fingerprint density at radius 2 is 1.68 bits per heavy atom. The molecule has 0 aliphatic carbocycles. The fourth-order valence-corrected chi connectivity index (χ4v) is 3.21. The highest BCUT2D eigenvalue weighted by Gasteiger charge is 2.16. The van der Waals surface area contributed by atoms with Crippen LogP contribution in [0.2, 0.25) is 0 Å². The van der Waals surface area contributed by atoms with Gasteiger partial charge in [-0.15, -0.1) is 0 Å². The third-order valence-electron chi connectivity index (χ3n) is 5.02. The number of rotatable bonds is 6. The maximum atomic E-state index is 13.8. The first kappa shape index (κ1) is 19.8. The summed E-state index contributed by atoms with van der Waals surface area (Å²) in [4.78, 5) is 24.1. The molecule has 1 heterocycles. The molecular formula is C22H24FN3O2. The van der Waals surface area contributed by atoms with Gasteiger partial charge in [0.1, 0.15) is 5.82 Å². The van der Waals surface area contributed by atoms with E-state index in [0.29, 0.717) is 12.2 Å². The van der Waals surface area contributed by atoms with E-state index in [2.05, 4.69) is 24.4 Å². The van der Waals surface area contributed by atoms with Gasteiger partial charge in [-0.2, -0.15) is 0 Å². The smallest absolute Gasteiger partial charge is 0.301 e. The highest BCUT2D eigenvalue weighted by atomic mass is 19.1. The number of nitrogens with one attached hydrogen (secondary N) is 1. The molecule has 146 valence electrons. The zero-order valence-electron chi connectivity index (χ0n) is 16.3. The molecular weight excluding hydrogens is 357 g/mol. The van der Waals surface area contributed by atoms with E-state index in [1.54, 1.807) is 13.1 Å². The lowest BCUT2D eigenvalue weighted by molar-refractivity contribution is 0.555. The van der Waals surface area contributed by atoms with Crippen LogP contribution in [0.1, 0.15) is 35.3 Å². The summed E-state index contributed by atoms with van der Waals surface area (Å²) in [6.45, 7) is 2.38. The van der Waals surface area contributed by atoms with Crippen molar-refractivity contribution in [3.05, 3.63) is 104 Å². The molecule has 0 aliphatic heterocycles. The van der Waals surface area contributed by atoms with E-state index in [0.717, 1.165) is 22.1 Å². The van der Waals surface area contributed by atoms with Crippen molar-refractivity contribution < 1.29 is 4.39 Å². The lowest BCUT2D eigenvalue weighted by atomic mass is 9.97. The molecule has 0 unspecified atom stereocenters. The molecule has 0 radical (unpaired) electrons. The topological polar surface area (TPSA) is 56.0 Å². The fourth-order valence-electron chi connectivity index (χ4n) is 3.21. The molecule has 28 heavy (non-hydrogen) atoms. The Bertz CT molecular complexity index is 1080. The van der Waals surface area contributed by atoms with Crippen molar-refractivity contribution >= 4 is 0 Å². The van der Waals surface area contributed by atoms with Gasteiger partial charge in [0, 0.05) is 32.4 Å². The summed E-state index contributed by atoms with van der Waals surface area (Å²) in [6, 6.07) is 15.7. The first-order valence-corrected chi connectivity index (χ1v) is 9.24. The second kappa shape index (κ2) is 8.35. The van der Waals surface area contributed by atoms with Gasteiger partial charge < -0.3 is 5.32 Å². The Kier molecular flexibility index (Phi) is 5.90. The highest BCUT2D eigenvalue weighted by Crippen LogP contribution is 2.24. The maximum absolute atomic E-state index is 13.8. The van der Waals surface area contributed by atoms with Gasteiger partial charge in [-0.3, -0.25) is 13.9 Å². The molecule has 5 nitrogen and oxygen atoms in total. The van der Waals surface area contributed by atoms with Crippen molar-refractivity contribution in [1.82, 2.24) is 14.5 Å². The summed E-state index contributed by atoms with van der Waals surface area (Å²) in [7, 11) is 3.08. The summed E-state index contributed by atoms with van der Waals surface area (Å²) in [5, 5.41) is 3.37. The third-order valence-corrected chi connectivity index (χ3v) is 5.02. The van der Waals surface area contributed by atoms with E-state index in [1.807, 2.05) is 18.2 Å². The molecule has 2 aromatic carbocycles. The van der Waals surface area contributed by atoms with Crippen LogP contribution in [-0.4, -0.2) is 9.13 Å². The Morgan fingerprint density at radius 1 is 0.964 bits per heavy atom. The number of aromatic nitrogens is 2. The van der Waals surface area contributed by atoms with Gasteiger partial charge in [0.05, 0.1) is 6.04 Å². The molecule has 1 atom stereocenters. The molecule has 0 saturated carbocycles. The monoisotopic (exact) mass is 381 g/mol. The van der Waals surface area contributed by atoms with Crippen LogP contribution in [0.5, 0.6) is 0 Å². The maximum Gasteiger partial charge on any atom is 0.330 e. The first-order valence-electron chi connectivity index (χ1n) is 9.24. The van der Waals surface area contributed by atoms with Crippen molar-refractivity contribution in [2.75, 3.05) is 0 Å². The van der Waals surface area contributed by atoms with Gasteiger partial charge >= 0.3 is 5.69 Å². The van der Waals surface area contributed by atoms with Crippen molar-refractivity contribution in [3.63, 3.8) is 0 Å². The van der Waals surface area contributed by atoms with Crippen LogP contribution in [0.4, 0.5) is 4.39 Å². The molecule has 6 heteroatoms. The highest BCUT2D eigenvalue weighted by molar-refractivity contribution is 5.34. The number of nitrogens with zero attached hydrogens (tertiary/aromatic N) is 2. The molecule has 0 bridgehead atoms. The standard InChI is InChI=1S/C22H24FN3O2/c1-4-15-8-10-16(11-9-15)21(17-6-5-7-18(23)12-17)24-14-19-13-20(27)26(3)22(28)25(19)2/h5-13,21,24H,4,14H2,1-3H3/t21-/m1/s1. The molecule has 0 fully saturated rings. The van der Waals surface area contributed by atoms with Gasteiger partial charge in [-0.25, -0.2) is 9.18 Å². The molecule has 0 saturated heterocycles. The molecule has 0 spiro atoms. The van der Waals surface area contributed by atoms with Crippen molar-refractivity contribution in [1.29, 1.82) is 0 Å². The summed E-state index contributed by atoms with van der Waals surface area (Å²) in [5.41, 5.74) is 2.82. The normalized spacial score (nSPS) is 12.1. The van der Waals surface area contributed by atoms with Crippen LogP contribution in [0.3, 0.4) is 0 Å².